The van der Waals surface area contributed by atoms with Crippen LogP contribution in [0.3, 0.4) is 0 Å². The topological polar surface area (TPSA) is 71.1 Å². The maximum absolute atomic E-state index is 14.3. The first-order valence-corrected chi connectivity index (χ1v) is 17.8. The third-order valence-corrected chi connectivity index (χ3v) is 14.0. The van der Waals surface area contributed by atoms with Gasteiger partial charge in [-0.15, -0.1) is 22.7 Å². The van der Waals surface area contributed by atoms with Gasteiger partial charge in [0.25, 0.3) is 0 Å². The van der Waals surface area contributed by atoms with Crippen LogP contribution >= 0.6 is 37.9 Å². The molecule has 0 bridgehead atoms. The quantitative estimate of drug-likeness (QED) is 0.182. The molecule has 6 aromatic rings. The van der Waals surface area contributed by atoms with Crippen LogP contribution in [0.4, 0.5) is 0 Å². The third kappa shape index (κ3) is 4.22. The molecule has 0 aliphatic carbocycles. The summed E-state index contributed by atoms with van der Waals surface area (Å²) in [5.41, 5.74) is 3.28. The lowest BCUT2D eigenvalue weighted by Gasteiger charge is -2.16. The van der Waals surface area contributed by atoms with Crippen molar-refractivity contribution in [2.24, 2.45) is 0 Å². The van der Waals surface area contributed by atoms with Gasteiger partial charge in [-0.2, -0.15) is 0 Å². The monoisotopic (exact) mass is 626 g/mol. The molecule has 6 nitrogen and oxygen atoms in total. The van der Waals surface area contributed by atoms with E-state index in [1.54, 1.807) is 36.4 Å². The van der Waals surface area contributed by atoms with E-state index in [2.05, 4.69) is 0 Å². The molecule has 0 amide bonds. The van der Waals surface area contributed by atoms with Crippen molar-refractivity contribution >= 4 is 47.1 Å². The Balaban J connectivity index is 1.15. The molecule has 0 saturated carbocycles. The molecule has 0 spiro atoms. The fraction of sp³-hybridized carbons (Fsp3) is 0. The van der Waals surface area contributed by atoms with Crippen molar-refractivity contribution in [3.63, 3.8) is 0 Å². The SMILES string of the molecule is O=P1(c2ccc(-c3ccc(P4(=O)Oc5ccccc5-c5ccccc5O4)s3)s2)Oc2ccccc2-c2ccccc2O1. The summed E-state index contributed by atoms with van der Waals surface area (Å²) in [5, 5.41) is 0. The van der Waals surface area contributed by atoms with Crippen molar-refractivity contribution in [1.29, 1.82) is 0 Å². The molecule has 4 aromatic carbocycles. The molecule has 2 aromatic heterocycles. The van der Waals surface area contributed by atoms with Gasteiger partial charge in [-0.05, 0) is 48.5 Å². The van der Waals surface area contributed by atoms with Gasteiger partial charge in [0, 0.05) is 32.0 Å². The lowest BCUT2D eigenvalue weighted by atomic mass is 10.0. The number of fused-ring (bicyclic) bond motifs is 6. The van der Waals surface area contributed by atoms with E-state index in [1.807, 2.05) is 84.9 Å². The second-order valence-corrected chi connectivity index (χ2v) is 16.1. The molecule has 0 N–H and O–H groups in total. The van der Waals surface area contributed by atoms with Crippen LogP contribution < -0.4 is 27.3 Å². The van der Waals surface area contributed by atoms with Crippen molar-refractivity contribution in [2.45, 2.75) is 0 Å². The molecule has 2 aliphatic heterocycles. The predicted molar refractivity (Wildman–Crippen MR) is 168 cm³/mol. The van der Waals surface area contributed by atoms with Gasteiger partial charge < -0.3 is 18.1 Å². The molecular weight excluding hydrogens is 606 g/mol. The highest BCUT2D eigenvalue weighted by molar-refractivity contribution is 7.71. The summed E-state index contributed by atoms with van der Waals surface area (Å²) in [5.74, 6) is 2.00. The summed E-state index contributed by atoms with van der Waals surface area (Å²) >= 11 is 2.63. The van der Waals surface area contributed by atoms with E-state index in [0.29, 0.717) is 32.2 Å². The molecule has 206 valence electrons. The molecule has 0 fully saturated rings. The summed E-state index contributed by atoms with van der Waals surface area (Å²) in [7, 11) is -7.53. The number of thiophene rings is 2. The van der Waals surface area contributed by atoms with Crippen molar-refractivity contribution in [2.75, 3.05) is 0 Å². The molecule has 4 heterocycles. The van der Waals surface area contributed by atoms with Crippen molar-refractivity contribution in [3.05, 3.63) is 121 Å². The molecule has 0 saturated heterocycles. The summed E-state index contributed by atoms with van der Waals surface area (Å²) in [4.78, 5) is 1.66. The molecule has 42 heavy (non-hydrogen) atoms. The third-order valence-electron chi connectivity index (χ3n) is 6.97. The van der Waals surface area contributed by atoms with E-state index >= 15 is 0 Å². The minimum absolute atomic E-state index is 0.468. The zero-order valence-corrected chi connectivity index (χ0v) is 25.1. The summed E-state index contributed by atoms with van der Waals surface area (Å²) in [6, 6.07) is 37.2. The van der Waals surface area contributed by atoms with E-state index < -0.39 is 15.2 Å². The number of benzene rings is 4. The smallest absolute Gasteiger partial charge is 0.412 e. The maximum atomic E-state index is 14.3. The van der Waals surface area contributed by atoms with E-state index in [9.17, 15) is 9.13 Å². The van der Waals surface area contributed by atoms with Gasteiger partial charge in [-0.1, -0.05) is 72.8 Å². The Hall–Kier alpha value is -4.06. The highest BCUT2D eigenvalue weighted by Crippen LogP contribution is 2.58. The van der Waals surface area contributed by atoms with E-state index in [-0.39, 0.29) is 0 Å². The molecule has 8 rings (SSSR count). The Morgan fingerprint density at radius 3 is 0.976 bits per heavy atom. The largest absolute Gasteiger partial charge is 0.472 e. The average molecular weight is 627 g/mol. The first kappa shape index (κ1) is 25.6. The number of para-hydroxylation sites is 4. The Labute approximate surface area is 249 Å². The first-order chi connectivity index (χ1) is 20.5. The fourth-order valence-electron chi connectivity index (χ4n) is 5.02. The van der Waals surface area contributed by atoms with Crippen LogP contribution in [0.1, 0.15) is 0 Å². The van der Waals surface area contributed by atoms with Crippen molar-refractivity contribution < 1.29 is 27.2 Å². The molecule has 0 atom stereocenters. The van der Waals surface area contributed by atoms with E-state index in [0.717, 1.165) is 32.0 Å². The summed E-state index contributed by atoms with van der Waals surface area (Å²) in [6.07, 6.45) is 0. The van der Waals surface area contributed by atoms with E-state index in [1.165, 1.54) is 22.7 Å². The van der Waals surface area contributed by atoms with Crippen LogP contribution in [0.5, 0.6) is 23.0 Å². The van der Waals surface area contributed by atoms with Gasteiger partial charge in [0.15, 0.2) is 0 Å². The van der Waals surface area contributed by atoms with Crippen LogP contribution in [-0.2, 0) is 9.13 Å². The second kappa shape index (κ2) is 9.75. The number of hydrogen-bond acceptors (Lipinski definition) is 8. The van der Waals surface area contributed by atoms with Crippen LogP contribution in [0.25, 0.3) is 32.0 Å². The highest BCUT2D eigenvalue weighted by Gasteiger charge is 2.39. The minimum Gasteiger partial charge on any atom is -0.412 e. The highest BCUT2D eigenvalue weighted by atomic mass is 32.1. The second-order valence-electron chi connectivity index (χ2n) is 9.62. The van der Waals surface area contributed by atoms with Gasteiger partial charge in [0.2, 0.25) is 0 Å². The molecule has 0 unspecified atom stereocenters. The first-order valence-electron chi connectivity index (χ1n) is 13.1. The molecule has 10 heteroatoms. The number of hydrogen-bond donors (Lipinski definition) is 0. The molecular formula is C32H20O6P2S2. The molecule has 0 radical (unpaired) electrons. The van der Waals surface area contributed by atoms with Crippen LogP contribution in [0.2, 0.25) is 0 Å². The van der Waals surface area contributed by atoms with Crippen LogP contribution in [0.15, 0.2) is 121 Å². The summed E-state index contributed by atoms with van der Waals surface area (Å²) in [6.45, 7) is 0. The maximum Gasteiger partial charge on any atom is 0.472 e. The zero-order valence-electron chi connectivity index (χ0n) is 21.7. The fourth-order valence-corrected chi connectivity index (χ4v) is 11.2. The standard InChI is InChI=1S/C32H20O6P2S2/c33-39(35-25-13-5-1-9-21(25)22-10-2-6-14-26(22)36-39)31-19-17-29(41-31)30-18-20-32(42-30)40(34)37-27-15-7-3-11-23(27)24-12-4-8-16-28(24)38-40/h1-20H. The van der Waals surface area contributed by atoms with Gasteiger partial charge in [-0.3, -0.25) is 0 Å². The van der Waals surface area contributed by atoms with Gasteiger partial charge in [0.1, 0.15) is 32.2 Å². The number of rotatable bonds is 3. The van der Waals surface area contributed by atoms with E-state index in [4.69, 9.17) is 18.1 Å². The van der Waals surface area contributed by atoms with Crippen LogP contribution in [0, 0.1) is 0 Å². The lowest BCUT2D eigenvalue weighted by molar-refractivity contribution is 0.404. The minimum atomic E-state index is -3.77. The Morgan fingerprint density at radius 2 is 0.667 bits per heavy atom. The Kier molecular flexibility index (Phi) is 5.95. The normalized spacial score (nSPS) is 15.5. The lowest BCUT2D eigenvalue weighted by Crippen LogP contribution is -2.10. The van der Waals surface area contributed by atoms with Gasteiger partial charge in [0.05, 0.1) is 0 Å². The van der Waals surface area contributed by atoms with Crippen molar-refractivity contribution in [1.82, 2.24) is 0 Å². The zero-order chi connectivity index (χ0) is 28.3. The average Bonchev–Trinajstić information content (AvgIpc) is 3.65. The predicted octanol–water partition coefficient (Wildman–Crippen LogP) is 9.39. The Bertz CT molecular complexity index is 1850. The van der Waals surface area contributed by atoms with Crippen molar-refractivity contribution in [3.8, 4) is 55.0 Å². The van der Waals surface area contributed by atoms with Crippen LogP contribution in [-0.4, -0.2) is 0 Å². The van der Waals surface area contributed by atoms with Gasteiger partial charge in [-0.25, -0.2) is 9.13 Å². The summed E-state index contributed by atoms with van der Waals surface area (Å²) < 4.78 is 54.0. The van der Waals surface area contributed by atoms with Gasteiger partial charge >= 0.3 is 15.2 Å². The molecule has 2 aliphatic rings. The Morgan fingerprint density at radius 1 is 0.381 bits per heavy atom.